The van der Waals surface area contributed by atoms with Crippen molar-refractivity contribution in [3.8, 4) is 0 Å². The molecule has 0 aliphatic carbocycles. The lowest BCUT2D eigenvalue weighted by molar-refractivity contribution is -0.302. The quantitative estimate of drug-likeness (QED) is 0.0261. The molecule has 1 aliphatic rings. The van der Waals surface area contributed by atoms with E-state index in [0.717, 1.165) is 44.9 Å². The molecule has 6 N–H and O–H groups in total. The van der Waals surface area contributed by atoms with E-state index in [1.54, 1.807) is 6.08 Å². The number of ether oxygens (including phenoxy) is 2. The van der Waals surface area contributed by atoms with E-state index in [1.165, 1.54) is 276 Å². The van der Waals surface area contributed by atoms with E-state index >= 15 is 0 Å². The van der Waals surface area contributed by atoms with Gasteiger partial charge < -0.3 is 40.3 Å². The van der Waals surface area contributed by atoms with E-state index in [1.807, 2.05) is 6.08 Å². The number of aliphatic hydroxyl groups is 5. The maximum atomic E-state index is 13.1. The minimum absolute atomic E-state index is 0.183. The van der Waals surface area contributed by atoms with Gasteiger partial charge in [-0.25, -0.2) is 0 Å². The number of carbonyl (C=O) groups excluding carboxylic acids is 1. The molecule has 0 bridgehead atoms. The van der Waals surface area contributed by atoms with Crippen LogP contribution in [0.1, 0.15) is 341 Å². The van der Waals surface area contributed by atoms with Gasteiger partial charge in [0.25, 0.3) is 0 Å². The molecule has 78 heavy (non-hydrogen) atoms. The van der Waals surface area contributed by atoms with Gasteiger partial charge in [0.15, 0.2) is 6.29 Å². The van der Waals surface area contributed by atoms with Gasteiger partial charge >= 0.3 is 0 Å². The standard InChI is InChI=1S/C69H131NO8/c1-3-5-7-9-11-13-15-17-19-21-23-25-27-29-31-33-35-37-39-41-43-45-47-49-51-53-55-57-59-65(73)70-62(61-77-69-68(76)67(75)66(74)64(60-71)78-69)63(72)58-56-54-52-50-48-46-44-42-40-38-36-34-32-30-28-26-24-22-20-18-16-14-12-10-8-6-4-2/h40,42,48,50,56,58,62-64,66-69,71-72,74-76H,3-39,41,43-47,49,51-55,57,59-61H2,1-2H3,(H,70,73)/b42-40+,50-48+,58-56+. The van der Waals surface area contributed by atoms with Crippen molar-refractivity contribution in [2.45, 2.75) is 384 Å². The van der Waals surface area contributed by atoms with Crippen LogP contribution in [0.4, 0.5) is 0 Å². The lowest BCUT2D eigenvalue weighted by atomic mass is 9.99. The number of hydrogen-bond acceptors (Lipinski definition) is 8. The fraction of sp³-hybridized carbons (Fsp3) is 0.899. The first kappa shape index (κ1) is 74.4. The molecular weight excluding hydrogens is 971 g/mol. The molecule has 1 fully saturated rings. The lowest BCUT2D eigenvalue weighted by Gasteiger charge is -2.40. The van der Waals surface area contributed by atoms with E-state index in [4.69, 9.17) is 9.47 Å². The Labute approximate surface area is 482 Å². The first-order valence-electron chi connectivity index (χ1n) is 34.2. The summed E-state index contributed by atoms with van der Waals surface area (Å²) >= 11 is 0. The highest BCUT2D eigenvalue weighted by Crippen LogP contribution is 2.23. The summed E-state index contributed by atoms with van der Waals surface area (Å²) in [6.07, 6.45) is 71.1. The molecule has 9 heteroatoms. The average Bonchev–Trinajstić information content (AvgIpc) is 3.45. The summed E-state index contributed by atoms with van der Waals surface area (Å²) in [5.74, 6) is -0.183. The van der Waals surface area contributed by atoms with Crippen molar-refractivity contribution in [2.75, 3.05) is 13.2 Å². The second kappa shape index (κ2) is 58.6. The van der Waals surface area contributed by atoms with Gasteiger partial charge in [-0.1, -0.05) is 326 Å². The van der Waals surface area contributed by atoms with Crippen LogP contribution in [0.2, 0.25) is 0 Å². The Morgan fingerprint density at radius 3 is 1.08 bits per heavy atom. The summed E-state index contributed by atoms with van der Waals surface area (Å²) in [6.45, 7) is 3.81. The zero-order valence-electron chi connectivity index (χ0n) is 51.4. The maximum absolute atomic E-state index is 13.1. The summed E-state index contributed by atoms with van der Waals surface area (Å²) in [4.78, 5) is 13.1. The second-order valence-electron chi connectivity index (χ2n) is 24.0. The van der Waals surface area contributed by atoms with Gasteiger partial charge in [0.2, 0.25) is 5.91 Å². The first-order chi connectivity index (χ1) is 38.3. The molecule has 1 aliphatic heterocycles. The third-order valence-electron chi connectivity index (χ3n) is 16.4. The minimum Gasteiger partial charge on any atom is -0.394 e. The second-order valence-corrected chi connectivity index (χ2v) is 24.0. The fourth-order valence-corrected chi connectivity index (χ4v) is 11.1. The zero-order chi connectivity index (χ0) is 56.5. The molecule has 1 saturated heterocycles. The predicted molar refractivity (Wildman–Crippen MR) is 332 cm³/mol. The van der Waals surface area contributed by atoms with Crippen LogP contribution in [0.5, 0.6) is 0 Å². The van der Waals surface area contributed by atoms with Crippen LogP contribution in [0.3, 0.4) is 0 Å². The number of unbranched alkanes of at least 4 members (excludes halogenated alkanes) is 46. The van der Waals surface area contributed by atoms with Crippen molar-refractivity contribution in [1.82, 2.24) is 5.32 Å². The van der Waals surface area contributed by atoms with Crippen LogP contribution >= 0.6 is 0 Å². The number of allylic oxidation sites excluding steroid dienone is 5. The molecule has 0 radical (unpaired) electrons. The molecule has 0 aromatic rings. The van der Waals surface area contributed by atoms with E-state index in [2.05, 4.69) is 43.5 Å². The van der Waals surface area contributed by atoms with E-state index in [-0.39, 0.29) is 12.5 Å². The number of carbonyl (C=O) groups is 1. The minimum atomic E-state index is -1.57. The van der Waals surface area contributed by atoms with E-state index < -0.39 is 49.5 Å². The van der Waals surface area contributed by atoms with Crippen LogP contribution in [-0.2, 0) is 14.3 Å². The molecular formula is C69H131NO8. The third-order valence-corrected chi connectivity index (χ3v) is 16.4. The highest BCUT2D eigenvalue weighted by molar-refractivity contribution is 5.76. The average molecular weight is 1100 g/mol. The largest absolute Gasteiger partial charge is 0.394 e. The molecule has 9 nitrogen and oxygen atoms in total. The summed E-state index contributed by atoms with van der Waals surface area (Å²) < 4.78 is 11.3. The fourth-order valence-electron chi connectivity index (χ4n) is 11.1. The van der Waals surface area contributed by atoms with Gasteiger partial charge in [0.05, 0.1) is 25.4 Å². The number of rotatable bonds is 60. The normalized spacial score (nSPS) is 18.8. The van der Waals surface area contributed by atoms with Crippen LogP contribution in [-0.4, -0.2) is 87.5 Å². The smallest absolute Gasteiger partial charge is 0.220 e. The van der Waals surface area contributed by atoms with Gasteiger partial charge in [0.1, 0.15) is 24.4 Å². The molecule has 1 heterocycles. The van der Waals surface area contributed by atoms with Crippen LogP contribution in [0.15, 0.2) is 36.5 Å². The van der Waals surface area contributed by atoms with E-state index in [9.17, 15) is 30.3 Å². The first-order valence-corrected chi connectivity index (χ1v) is 34.2. The molecule has 1 rings (SSSR count). The van der Waals surface area contributed by atoms with Crippen LogP contribution in [0.25, 0.3) is 0 Å². The Bertz CT molecular complexity index is 1320. The number of hydrogen-bond donors (Lipinski definition) is 6. The van der Waals surface area contributed by atoms with Crippen LogP contribution < -0.4 is 5.32 Å². The third kappa shape index (κ3) is 47.0. The Balaban J connectivity index is 2.17. The number of amides is 1. The highest BCUT2D eigenvalue weighted by Gasteiger charge is 2.44. The Morgan fingerprint density at radius 2 is 0.731 bits per heavy atom. The number of nitrogens with one attached hydrogen (secondary N) is 1. The molecule has 0 aromatic heterocycles. The van der Waals surface area contributed by atoms with Crippen molar-refractivity contribution in [2.24, 2.45) is 0 Å². The topological polar surface area (TPSA) is 149 Å². The lowest BCUT2D eigenvalue weighted by Crippen LogP contribution is -2.60. The Kier molecular flexibility index (Phi) is 55.9. The summed E-state index contributed by atoms with van der Waals surface area (Å²) in [6, 6.07) is -0.827. The van der Waals surface area contributed by atoms with Crippen molar-refractivity contribution in [3.63, 3.8) is 0 Å². The SMILES string of the molecule is CCCCCCCCCCCCCCCCCCC/C=C/CC/C=C/CC/C=C/C(O)C(COC1OC(CO)C(O)C(O)C1O)NC(=O)CCCCCCCCCCCCCCCCCCCCCCCCCCCCCC. The zero-order valence-corrected chi connectivity index (χ0v) is 51.4. The Hall–Kier alpha value is -1.59. The van der Waals surface area contributed by atoms with Crippen molar-refractivity contribution in [1.29, 1.82) is 0 Å². The molecule has 0 aromatic carbocycles. The van der Waals surface area contributed by atoms with Crippen LogP contribution in [0, 0.1) is 0 Å². The van der Waals surface area contributed by atoms with Gasteiger partial charge in [-0.05, 0) is 44.9 Å². The highest BCUT2D eigenvalue weighted by atomic mass is 16.7. The molecule has 1 amide bonds. The molecule has 7 atom stereocenters. The molecule has 0 saturated carbocycles. The Morgan fingerprint density at radius 1 is 0.423 bits per heavy atom. The predicted octanol–water partition coefficient (Wildman–Crippen LogP) is 18.3. The summed E-state index contributed by atoms with van der Waals surface area (Å²) in [5.41, 5.74) is 0. The van der Waals surface area contributed by atoms with Gasteiger partial charge in [0, 0.05) is 6.42 Å². The van der Waals surface area contributed by atoms with Gasteiger partial charge in [-0.15, -0.1) is 0 Å². The monoisotopic (exact) mass is 1100 g/mol. The molecule has 0 spiro atoms. The molecule has 7 unspecified atom stereocenters. The van der Waals surface area contributed by atoms with Gasteiger partial charge in [-0.3, -0.25) is 4.79 Å². The summed E-state index contributed by atoms with van der Waals surface area (Å²) in [7, 11) is 0. The van der Waals surface area contributed by atoms with E-state index in [0.29, 0.717) is 6.42 Å². The number of aliphatic hydroxyl groups excluding tert-OH is 5. The van der Waals surface area contributed by atoms with Crippen molar-refractivity contribution < 1.29 is 39.8 Å². The van der Waals surface area contributed by atoms with Crippen molar-refractivity contribution >= 4 is 5.91 Å². The molecule has 460 valence electrons. The van der Waals surface area contributed by atoms with Crippen molar-refractivity contribution in [3.05, 3.63) is 36.5 Å². The maximum Gasteiger partial charge on any atom is 0.220 e. The summed E-state index contributed by atoms with van der Waals surface area (Å²) in [5, 5.41) is 54.7. The van der Waals surface area contributed by atoms with Gasteiger partial charge in [-0.2, -0.15) is 0 Å².